The summed E-state index contributed by atoms with van der Waals surface area (Å²) >= 11 is 8.57. The third kappa shape index (κ3) is 36.6. The molecule has 5 aromatic rings. The zero-order valence-corrected chi connectivity index (χ0v) is 56.0. The molecule has 0 amide bonds. The molecule has 2 aliphatic heterocycles. The molecule has 2 unspecified atom stereocenters. The van der Waals surface area contributed by atoms with Gasteiger partial charge in [0.2, 0.25) is 0 Å². The van der Waals surface area contributed by atoms with Crippen LogP contribution in [0.15, 0.2) is 18.2 Å². The van der Waals surface area contributed by atoms with E-state index in [1.54, 1.807) is 63.8 Å². The summed E-state index contributed by atoms with van der Waals surface area (Å²) in [5.74, 6) is 6.34. The van der Waals surface area contributed by atoms with E-state index in [1.165, 1.54) is 45.9 Å². The van der Waals surface area contributed by atoms with Gasteiger partial charge in [0.15, 0.2) is 29.1 Å². The number of methoxy groups -OCH3 is 1. The van der Waals surface area contributed by atoms with Crippen LogP contribution in [0.1, 0.15) is 62.1 Å². The van der Waals surface area contributed by atoms with Crippen LogP contribution in [0.3, 0.4) is 0 Å². The van der Waals surface area contributed by atoms with Crippen LogP contribution >= 0.6 is 56.7 Å². The third-order valence-corrected chi connectivity index (χ3v) is 16.1. The quantitative estimate of drug-likeness (QED) is 0.0455. The van der Waals surface area contributed by atoms with Crippen LogP contribution in [0.2, 0.25) is 0 Å². The first-order chi connectivity index (χ1) is 39.5. The van der Waals surface area contributed by atoms with Gasteiger partial charge in [-0.05, 0) is 101 Å². The second kappa shape index (κ2) is 45.0. The summed E-state index contributed by atoms with van der Waals surface area (Å²) in [5.41, 5.74) is 0. The van der Waals surface area contributed by atoms with Gasteiger partial charge < -0.3 is 62.3 Å². The lowest BCUT2D eigenvalue weighted by atomic mass is 10.3. The van der Waals surface area contributed by atoms with Gasteiger partial charge in [0.25, 0.3) is 10.1 Å². The van der Waals surface area contributed by atoms with E-state index in [-0.39, 0.29) is 32.3 Å². The molecule has 3 N–H and O–H groups in total. The Hall–Kier alpha value is -4.37. The summed E-state index contributed by atoms with van der Waals surface area (Å²) < 4.78 is 166. The number of aryl methyl sites for hydroxylation is 10. The maximum absolute atomic E-state index is 10.9. The molecule has 0 bridgehead atoms. The molecule has 0 saturated carbocycles. The first-order valence-corrected chi connectivity index (χ1v) is 33.6. The SMILES string of the molecule is COCCOCCOc1cc(C)sc1C.Cc1cc(OCCO)c(C)s1.Cc1cc(OCCOCCO)c(C)s1.Cc1sc(C)c2c1OCC(COCCC(C)S(=O)(=O)O)O2.Cc1sc(C)c2c1OCCO2.O=S(=O)=O.O=S(=O)=O.O=S(=O)=O. The number of fused-ring (bicyclic) bond motifs is 2. The molecular formula is C50H76O25S9. The number of hydrogen-bond donors (Lipinski definition) is 3. The van der Waals surface area contributed by atoms with Crippen molar-refractivity contribution in [2.45, 2.75) is 93.9 Å². The molecule has 0 spiro atoms. The summed E-state index contributed by atoms with van der Waals surface area (Å²) in [5, 5.41) is 16.1. The van der Waals surface area contributed by atoms with E-state index in [4.69, 9.17) is 105 Å². The number of aliphatic hydroxyl groups excluding tert-OH is 2. The smallest absolute Gasteiger partial charge is 0.425 e. The zero-order valence-electron chi connectivity index (χ0n) is 48.7. The highest BCUT2D eigenvalue weighted by atomic mass is 32.2. The Labute approximate surface area is 515 Å². The maximum Gasteiger partial charge on any atom is 0.425 e. The van der Waals surface area contributed by atoms with Crippen molar-refractivity contribution in [1.29, 1.82) is 0 Å². The fraction of sp³-hybridized carbons (Fsp3) is 0.600. The Balaban J connectivity index is 0.000000991. The summed E-state index contributed by atoms with van der Waals surface area (Å²) in [6.07, 6.45) is 0.0417. The molecule has 2 aliphatic rings. The maximum atomic E-state index is 10.9. The lowest BCUT2D eigenvalue weighted by molar-refractivity contribution is 0.00819. The molecule has 5 aromatic heterocycles. The van der Waals surface area contributed by atoms with E-state index in [1.807, 2.05) is 46.8 Å². The van der Waals surface area contributed by atoms with Gasteiger partial charge in [-0.15, -0.1) is 94.6 Å². The lowest BCUT2D eigenvalue weighted by Gasteiger charge is -2.25. The standard InChI is InChI=1S/C13H20O6S2.C11H18O3S.C10H16O3S.C8H10O2S.C8H12O2S.3O3S/c1-8(21(14,15)16)4-5-17-6-11-7-18-12-9(2)20-10(3)13(12)19-11;1-9-8-11(10(2)15-9)14-7-6-13-5-4-12-3;1-8-7-10(9(2)14-8)13-6-5-12-4-3-11;1-5-7-8(6(2)11-5)10-4-3-9-7;1-6-5-8(7(2)11-6)10-4-3-9;3*1-4(2)3/h8,11H,4-7H2,1-3H3,(H,14,15,16);8H,4-7H2,1-3H3;7,11H,3-6H2,1-2H3;3-4H2,1-2H3;5,9H,3-4H2,1-2H3;;;. The summed E-state index contributed by atoms with van der Waals surface area (Å²) in [7, 11) is -11.7. The molecule has 0 radical (unpaired) electrons. The molecule has 7 rings (SSSR count). The average molecular weight is 1370 g/mol. The summed E-state index contributed by atoms with van der Waals surface area (Å²) in [6, 6.07) is 6.09. The summed E-state index contributed by atoms with van der Waals surface area (Å²) in [4.78, 5) is 12.0. The molecule has 34 heteroatoms. The van der Waals surface area contributed by atoms with Crippen LogP contribution in [0.5, 0.6) is 40.2 Å². The fourth-order valence-corrected chi connectivity index (χ4v) is 11.4. The molecule has 0 saturated heterocycles. The molecule has 25 nitrogen and oxygen atoms in total. The van der Waals surface area contributed by atoms with E-state index in [0.717, 1.165) is 50.0 Å². The number of hydrogen-bond acceptors (Lipinski definition) is 29. The minimum absolute atomic E-state index is 0.0661. The Morgan fingerprint density at radius 1 is 0.500 bits per heavy atom. The minimum Gasteiger partial charge on any atom is -0.490 e. The molecule has 0 fully saturated rings. The molecular weight excluding hydrogens is 1290 g/mol. The largest absolute Gasteiger partial charge is 0.490 e. The highest BCUT2D eigenvalue weighted by Gasteiger charge is 2.27. The monoisotopic (exact) mass is 1360 g/mol. The molecule has 480 valence electrons. The number of rotatable bonds is 22. The number of aliphatic hydroxyl groups is 2. The Morgan fingerprint density at radius 2 is 0.857 bits per heavy atom. The van der Waals surface area contributed by atoms with Crippen LogP contribution in [0, 0.1) is 69.2 Å². The van der Waals surface area contributed by atoms with Crippen LogP contribution < -0.4 is 33.2 Å². The van der Waals surface area contributed by atoms with Gasteiger partial charge in [0.1, 0.15) is 56.9 Å². The van der Waals surface area contributed by atoms with E-state index in [2.05, 4.69) is 40.7 Å². The number of ether oxygens (including phenoxy) is 11. The second-order valence-corrected chi connectivity index (χ2v) is 27.1. The predicted octanol–water partition coefficient (Wildman–Crippen LogP) is 7.21. The van der Waals surface area contributed by atoms with Crippen molar-refractivity contribution in [3.63, 3.8) is 0 Å². The normalized spacial score (nSPS) is 12.7. The fourth-order valence-electron chi connectivity index (χ4n) is 6.52. The van der Waals surface area contributed by atoms with E-state index >= 15 is 0 Å². The topological polar surface area (TPSA) is 350 Å². The van der Waals surface area contributed by atoms with Gasteiger partial charge in [0, 0.05) is 62.5 Å². The molecule has 0 aromatic carbocycles. The minimum atomic E-state index is -3.99. The first kappa shape index (κ1) is 79.6. The average Bonchev–Trinajstić information content (AvgIpc) is 4.32. The molecule has 7 heterocycles. The van der Waals surface area contributed by atoms with Crippen molar-refractivity contribution >= 4 is 98.6 Å². The second-order valence-electron chi connectivity index (χ2n) is 16.8. The number of thiophene rings is 5. The van der Waals surface area contributed by atoms with E-state index in [0.29, 0.717) is 79.3 Å². The van der Waals surface area contributed by atoms with Crippen LogP contribution in [-0.2, 0) is 60.9 Å². The third-order valence-electron chi connectivity index (χ3n) is 10.0. The summed E-state index contributed by atoms with van der Waals surface area (Å²) in [6.45, 7) is 28.7. The Kier molecular flexibility index (Phi) is 42.6. The van der Waals surface area contributed by atoms with Gasteiger partial charge in [-0.2, -0.15) is 8.42 Å². The van der Waals surface area contributed by atoms with Crippen molar-refractivity contribution in [3.05, 3.63) is 67.0 Å². The lowest BCUT2D eigenvalue weighted by Crippen LogP contribution is -2.33. The van der Waals surface area contributed by atoms with Crippen molar-refractivity contribution in [2.75, 3.05) is 106 Å². The Morgan fingerprint density at radius 3 is 1.21 bits per heavy atom. The Bertz CT molecular complexity index is 2990. The van der Waals surface area contributed by atoms with Crippen molar-refractivity contribution in [2.24, 2.45) is 0 Å². The van der Waals surface area contributed by atoms with Gasteiger partial charge in [-0.25, -0.2) is 0 Å². The highest BCUT2D eigenvalue weighted by Crippen LogP contribution is 2.44. The van der Waals surface area contributed by atoms with Gasteiger partial charge in [0.05, 0.1) is 58.1 Å². The molecule has 84 heavy (non-hydrogen) atoms. The van der Waals surface area contributed by atoms with E-state index in [9.17, 15) is 8.42 Å². The van der Waals surface area contributed by atoms with Crippen LogP contribution in [0.4, 0.5) is 0 Å². The molecule has 0 aliphatic carbocycles. The van der Waals surface area contributed by atoms with Crippen molar-refractivity contribution in [3.8, 4) is 40.2 Å². The zero-order chi connectivity index (χ0) is 64.0. The molecule has 2 atom stereocenters. The first-order valence-electron chi connectivity index (χ1n) is 25.0. The van der Waals surface area contributed by atoms with Gasteiger partial charge >= 0.3 is 31.8 Å². The van der Waals surface area contributed by atoms with Crippen LogP contribution in [-0.4, -0.2) is 179 Å². The predicted molar refractivity (Wildman–Crippen MR) is 320 cm³/mol. The van der Waals surface area contributed by atoms with E-state index < -0.39 is 47.2 Å². The van der Waals surface area contributed by atoms with Gasteiger partial charge in [-0.1, -0.05) is 0 Å². The van der Waals surface area contributed by atoms with Gasteiger partial charge in [-0.3, -0.25) is 4.55 Å². The van der Waals surface area contributed by atoms with Crippen molar-refractivity contribution in [1.82, 2.24) is 0 Å². The highest BCUT2D eigenvalue weighted by molar-refractivity contribution is 7.86. The van der Waals surface area contributed by atoms with Crippen molar-refractivity contribution < 1.29 is 113 Å². The van der Waals surface area contributed by atoms with Crippen LogP contribution in [0.25, 0.3) is 0 Å².